The van der Waals surface area contributed by atoms with Gasteiger partial charge in [0.05, 0.1) is 42.7 Å². The minimum Gasteiger partial charge on any atom is -0.492 e. The number of benzene rings is 3. The van der Waals surface area contributed by atoms with Crippen LogP contribution >= 0.6 is 0 Å². The van der Waals surface area contributed by atoms with Crippen LogP contribution in [0.25, 0.3) is 10.8 Å². The summed E-state index contributed by atoms with van der Waals surface area (Å²) in [4.78, 5) is 14.5. The number of rotatable bonds is 8. The predicted octanol–water partition coefficient (Wildman–Crippen LogP) is 3.84. The molecule has 0 spiro atoms. The van der Waals surface area contributed by atoms with Gasteiger partial charge in [0.2, 0.25) is 0 Å². The van der Waals surface area contributed by atoms with Gasteiger partial charge in [0, 0.05) is 47.2 Å². The molecule has 5 rings (SSSR count). The summed E-state index contributed by atoms with van der Waals surface area (Å²) in [7, 11) is -4.03. The Bertz CT molecular complexity index is 1400. The third-order valence-electron chi connectivity index (χ3n) is 6.04. The van der Waals surface area contributed by atoms with E-state index in [9.17, 15) is 13.2 Å². The maximum Gasteiger partial charge on any atom is 0.262 e. The molecule has 9 nitrogen and oxygen atoms in total. The van der Waals surface area contributed by atoms with E-state index < -0.39 is 10.0 Å². The van der Waals surface area contributed by atoms with Gasteiger partial charge in [0.15, 0.2) is 0 Å². The molecule has 2 aliphatic heterocycles. The molecule has 1 saturated heterocycles. The molecule has 0 aliphatic carbocycles. The molecule has 1 fully saturated rings. The normalized spacial score (nSPS) is 15.3. The first-order valence-corrected chi connectivity index (χ1v) is 13.1. The Balaban J connectivity index is 1.58. The summed E-state index contributed by atoms with van der Waals surface area (Å²) < 4.78 is 47.1. The molecular weight excluding hydrogens is 470 g/mol. The lowest BCUT2D eigenvalue weighted by molar-refractivity contribution is 0.103. The molecule has 10 heteroatoms. The van der Waals surface area contributed by atoms with Crippen LogP contribution in [0, 0.1) is 0 Å². The summed E-state index contributed by atoms with van der Waals surface area (Å²) in [5.41, 5.74) is 2.17. The number of hydrogen-bond donors (Lipinski definition) is 2. The van der Waals surface area contributed by atoms with E-state index in [1.165, 1.54) is 6.07 Å². The maximum atomic E-state index is 13.6. The fraction of sp³-hybridized carbons (Fsp3) is 0.320. The second kappa shape index (κ2) is 9.27. The molecule has 3 aromatic rings. The third kappa shape index (κ3) is 4.23. The van der Waals surface area contributed by atoms with E-state index in [0.717, 1.165) is 5.69 Å². The predicted molar refractivity (Wildman–Crippen MR) is 135 cm³/mol. The van der Waals surface area contributed by atoms with Crippen molar-refractivity contribution >= 4 is 43.8 Å². The average Bonchev–Trinajstić information content (AvgIpc) is 3.18. The van der Waals surface area contributed by atoms with Crippen molar-refractivity contribution in [3.8, 4) is 11.5 Å². The second-order valence-electron chi connectivity index (χ2n) is 8.18. The highest BCUT2D eigenvalue weighted by atomic mass is 32.2. The van der Waals surface area contributed by atoms with Crippen LogP contribution in [0.2, 0.25) is 0 Å². The van der Waals surface area contributed by atoms with Crippen molar-refractivity contribution < 1.29 is 27.4 Å². The minimum atomic E-state index is -4.03. The van der Waals surface area contributed by atoms with Crippen molar-refractivity contribution in [2.24, 2.45) is 0 Å². The van der Waals surface area contributed by atoms with Gasteiger partial charge in [-0.3, -0.25) is 9.52 Å². The van der Waals surface area contributed by atoms with Crippen molar-refractivity contribution in [3.05, 3.63) is 48.0 Å². The highest BCUT2D eigenvalue weighted by Crippen LogP contribution is 2.41. The third-order valence-corrected chi connectivity index (χ3v) is 7.46. The van der Waals surface area contributed by atoms with E-state index in [-0.39, 0.29) is 16.5 Å². The van der Waals surface area contributed by atoms with E-state index >= 15 is 0 Å². The second-order valence-corrected chi connectivity index (χ2v) is 9.83. The number of nitrogens with one attached hydrogen (secondary N) is 2. The first kappa shape index (κ1) is 23.3. The van der Waals surface area contributed by atoms with E-state index in [4.69, 9.17) is 14.2 Å². The molecule has 0 atom stereocenters. The van der Waals surface area contributed by atoms with Gasteiger partial charge >= 0.3 is 0 Å². The van der Waals surface area contributed by atoms with E-state index in [2.05, 4.69) is 14.9 Å². The van der Waals surface area contributed by atoms with Gasteiger partial charge in [0.1, 0.15) is 11.5 Å². The van der Waals surface area contributed by atoms with Gasteiger partial charge in [-0.15, -0.1) is 0 Å². The SMILES string of the molecule is CCOc1cc(N2CCOCC2)c(OCC)cc1NS(=O)(=O)c1ccc2c3c(cccc13)C(=O)N2. The zero-order chi connectivity index (χ0) is 24.6. The van der Waals surface area contributed by atoms with Crippen LogP contribution in [0.4, 0.5) is 17.1 Å². The van der Waals surface area contributed by atoms with Crippen molar-refractivity contribution in [3.63, 3.8) is 0 Å². The standard InChI is InChI=1S/C25H27N3O6S/c1-3-33-21-15-20(28-10-12-32-13-11-28)22(34-4-2)14-19(21)27-35(30,31)23-9-8-18-24-16(23)6-5-7-17(24)25(29)26-18/h5-9,14-15,27H,3-4,10-13H2,1-2H3,(H,26,29). The quantitative estimate of drug-likeness (QED) is 0.487. The Morgan fingerprint density at radius 3 is 2.51 bits per heavy atom. The fourth-order valence-electron chi connectivity index (χ4n) is 4.52. The van der Waals surface area contributed by atoms with Gasteiger partial charge in [0.25, 0.3) is 15.9 Å². The van der Waals surface area contributed by atoms with Gasteiger partial charge in [-0.05, 0) is 32.0 Å². The topological polar surface area (TPSA) is 106 Å². The number of anilines is 3. The Morgan fingerprint density at radius 2 is 1.77 bits per heavy atom. The van der Waals surface area contributed by atoms with Crippen LogP contribution in [0.5, 0.6) is 11.5 Å². The summed E-state index contributed by atoms with van der Waals surface area (Å²) in [5.74, 6) is 0.723. The monoisotopic (exact) mass is 497 g/mol. The first-order chi connectivity index (χ1) is 16.9. The molecule has 184 valence electrons. The molecule has 0 unspecified atom stereocenters. The van der Waals surface area contributed by atoms with Gasteiger partial charge in [-0.25, -0.2) is 8.42 Å². The van der Waals surface area contributed by atoms with E-state index in [0.29, 0.717) is 73.0 Å². The molecule has 2 aliphatic rings. The van der Waals surface area contributed by atoms with Gasteiger partial charge in [-0.2, -0.15) is 0 Å². The molecule has 0 saturated carbocycles. The summed E-state index contributed by atoms with van der Waals surface area (Å²) in [5, 5.41) is 3.85. The average molecular weight is 498 g/mol. The Labute approximate surface area is 204 Å². The fourth-order valence-corrected chi connectivity index (χ4v) is 5.79. The van der Waals surface area contributed by atoms with Crippen molar-refractivity contribution in [2.45, 2.75) is 18.7 Å². The lowest BCUT2D eigenvalue weighted by Crippen LogP contribution is -2.36. The number of ether oxygens (including phenoxy) is 3. The number of carbonyl (C=O) groups is 1. The molecular formula is C25H27N3O6S. The van der Waals surface area contributed by atoms with Gasteiger partial charge in [-0.1, -0.05) is 12.1 Å². The van der Waals surface area contributed by atoms with Crippen LogP contribution in [-0.4, -0.2) is 53.8 Å². The first-order valence-electron chi connectivity index (χ1n) is 11.6. The highest BCUT2D eigenvalue weighted by Gasteiger charge is 2.28. The zero-order valence-corrected chi connectivity index (χ0v) is 20.4. The summed E-state index contributed by atoms with van der Waals surface area (Å²) in [6, 6.07) is 11.7. The molecule has 3 aromatic carbocycles. The number of sulfonamides is 1. The van der Waals surface area contributed by atoms with Crippen molar-refractivity contribution in [1.82, 2.24) is 0 Å². The minimum absolute atomic E-state index is 0.0762. The van der Waals surface area contributed by atoms with Crippen LogP contribution in [-0.2, 0) is 14.8 Å². The number of nitrogens with zero attached hydrogens (tertiary/aromatic N) is 1. The molecule has 0 bridgehead atoms. The lowest BCUT2D eigenvalue weighted by atomic mass is 10.1. The molecule has 1 amide bonds. The van der Waals surface area contributed by atoms with Crippen LogP contribution in [0.3, 0.4) is 0 Å². The molecule has 2 N–H and O–H groups in total. The van der Waals surface area contributed by atoms with E-state index in [1.807, 2.05) is 19.9 Å². The Hall–Kier alpha value is -3.50. The van der Waals surface area contributed by atoms with Crippen molar-refractivity contribution in [1.29, 1.82) is 0 Å². The smallest absolute Gasteiger partial charge is 0.262 e. The van der Waals surface area contributed by atoms with E-state index in [1.54, 1.807) is 30.3 Å². The lowest BCUT2D eigenvalue weighted by Gasteiger charge is -2.31. The van der Waals surface area contributed by atoms with Crippen LogP contribution in [0.1, 0.15) is 24.2 Å². The number of amides is 1. The largest absolute Gasteiger partial charge is 0.492 e. The number of morpholine rings is 1. The van der Waals surface area contributed by atoms with Crippen molar-refractivity contribution in [2.75, 3.05) is 54.5 Å². The summed E-state index contributed by atoms with van der Waals surface area (Å²) >= 11 is 0. The zero-order valence-electron chi connectivity index (χ0n) is 19.6. The van der Waals surface area contributed by atoms with Crippen LogP contribution in [0.15, 0.2) is 47.4 Å². The Kier molecular flexibility index (Phi) is 6.16. The number of carbonyl (C=O) groups excluding carboxylic acids is 1. The highest BCUT2D eigenvalue weighted by molar-refractivity contribution is 7.93. The maximum absolute atomic E-state index is 13.6. The molecule has 2 heterocycles. The summed E-state index contributed by atoms with van der Waals surface area (Å²) in [6.45, 7) is 7.11. The number of hydrogen-bond acceptors (Lipinski definition) is 7. The Morgan fingerprint density at radius 1 is 1.03 bits per heavy atom. The molecule has 0 aromatic heterocycles. The van der Waals surface area contributed by atoms with Gasteiger partial charge < -0.3 is 24.4 Å². The summed E-state index contributed by atoms with van der Waals surface area (Å²) in [6.07, 6.45) is 0. The molecule has 35 heavy (non-hydrogen) atoms. The van der Waals surface area contributed by atoms with Crippen LogP contribution < -0.4 is 24.4 Å². The molecule has 0 radical (unpaired) electrons.